The van der Waals surface area contributed by atoms with E-state index >= 15 is 0 Å². The fraction of sp³-hybridized carbons (Fsp3) is 0.545. The minimum absolute atomic E-state index is 0.129. The van der Waals surface area contributed by atoms with Crippen molar-refractivity contribution in [3.63, 3.8) is 0 Å². The Morgan fingerprint density at radius 2 is 1.81 bits per heavy atom. The zero-order valence-corrected chi connectivity index (χ0v) is 18.9. The van der Waals surface area contributed by atoms with Gasteiger partial charge in [-0.15, -0.1) is 11.8 Å². The van der Waals surface area contributed by atoms with Crippen molar-refractivity contribution in [2.75, 3.05) is 5.88 Å². The maximum atomic E-state index is 7.10. The van der Waals surface area contributed by atoms with E-state index in [4.69, 9.17) is 28.9 Å². The summed E-state index contributed by atoms with van der Waals surface area (Å²) in [6.45, 7) is 9.14. The van der Waals surface area contributed by atoms with Gasteiger partial charge in [0.25, 0.3) is 0 Å². The molecule has 1 aliphatic carbocycles. The Morgan fingerprint density at radius 3 is 2.37 bits per heavy atom. The number of halogens is 2. The van der Waals surface area contributed by atoms with Gasteiger partial charge >= 0.3 is 0 Å². The Bertz CT molecular complexity index is 724. The van der Waals surface area contributed by atoms with Gasteiger partial charge in [0.1, 0.15) is 0 Å². The van der Waals surface area contributed by atoms with Crippen LogP contribution in [0.1, 0.15) is 46.1 Å². The molecule has 5 heteroatoms. The molecule has 4 atom stereocenters. The maximum Gasteiger partial charge on any atom is 0.0578 e. The molecule has 148 valence electrons. The van der Waals surface area contributed by atoms with Crippen LogP contribution in [0.15, 0.2) is 47.0 Å². The second kappa shape index (κ2) is 8.51. The normalized spacial score (nSPS) is 27.3. The lowest BCUT2D eigenvalue weighted by atomic mass is 9.77. The predicted octanol–water partition coefficient (Wildman–Crippen LogP) is 6.14. The highest BCUT2D eigenvalue weighted by atomic mass is 35.5. The smallest absolute Gasteiger partial charge is 0.0578 e. The predicted molar refractivity (Wildman–Crippen MR) is 120 cm³/mol. The Balaban J connectivity index is 2.06. The van der Waals surface area contributed by atoms with E-state index in [-0.39, 0.29) is 6.04 Å². The van der Waals surface area contributed by atoms with Crippen molar-refractivity contribution in [3.8, 4) is 0 Å². The van der Waals surface area contributed by atoms with Crippen molar-refractivity contribution >= 4 is 35.0 Å². The van der Waals surface area contributed by atoms with Gasteiger partial charge in [0, 0.05) is 27.2 Å². The lowest BCUT2D eigenvalue weighted by Crippen LogP contribution is -2.58. The van der Waals surface area contributed by atoms with Crippen molar-refractivity contribution in [2.24, 2.45) is 11.7 Å². The van der Waals surface area contributed by atoms with Crippen molar-refractivity contribution < 1.29 is 0 Å². The second-order valence-electron chi connectivity index (χ2n) is 8.30. The van der Waals surface area contributed by atoms with Crippen LogP contribution in [0.5, 0.6) is 0 Å². The molecule has 1 fully saturated rings. The molecule has 0 aromatic heterocycles. The van der Waals surface area contributed by atoms with Crippen LogP contribution >= 0.6 is 35.0 Å². The molecular weight excluding hydrogens is 395 g/mol. The molecule has 1 saturated heterocycles. The fourth-order valence-electron chi connectivity index (χ4n) is 4.59. The van der Waals surface area contributed by atoms with Crippen LogP contribution in [0.3, 0.4) is 0 Å². The zero-order valence-electron chi connectivity index (χ0n) is 16.6. The summed E-state index contributed by atoms with van der Waals surface area (Å²) < 4.78 is 0. The summed E-state index contributed by atoms with van der Waals surface area (Å²) in [5.74, 6) is 1.57. The summed E-state index contributed by atoms with van der Waals surface area (Å²) in [6, 6.07) is 8.64. The monoisotopic (exact) mass is 424 g/mol. The average molecular weight is 425 g/mol. The van der Waals surface area contributed by atoms with Crippen LogP contribution < -0.4 is 5.73 Å². The standard InChI is InChI=1S/C22H30Cl2N2S/c1-14(2)20-15(3)27-13-26(20)21(16-5-9-18(23)10-6-16)22(4,25)17-7-11-19(24)12-8-17/h5,7-9,11-12,14-15,20-21H,6,10,13,25H2,1-4H3/t15?,20-,21+,22-/m0/s1. The van der Waals surface area contributed by atoms with Crippen molar-refractivity contribution in [2.45, 2.75) is 63.4 Å². The quantitative estimate of drug-likeness (QED) is 0.614. The third-order valence-electron chi connectivity index (χ3n) is 5.88. The summed E-state index contributed by atoms with van der Waals surface area (Å²) in [7, 11) is 0. The summed E-state index contributed by atoms with van der Waals surface area (Å²) in [5.41, 5.74) is 9.07. The number of nitrogens with zero attached hydrogens (tertiary/aromatic N) is 1. The van der Waals surface area contributed by atoms with Crippen LogP contribution in [0.25, 0.3) is 0 Å². The number of nitrogens with two attached hydrogens (primary N) is 1. The van der Waals surface area contributed by atoms with Crippen LogP contribution in [0.4, 0.5) is 0 Å². The Morgan fingerprint density at radius 1 is 1.15 bits per heavy atom. The number of allylic oxidation sites excluding steroid dienone is 3. The first-order valence-electron chi connectivity index (χ1n) is 9.69. The molecular formula is C22H30Cl2N2S. The molecule has 27 heavy (non-hydrogen) atoms. The summed E-state index contributed by atoms with van der Waals surface area (Å²) in [4.78, 5) is 2.63. The van der Waals surface area contributed by atoms with Crippen LogP contribution in [0.2, 0.25) is 5.02 Å². The van der Waals surface area contributed by atoms with E-state index in [0.717, 1.165) is 34.3 Å². The molecule has 2 nitrogen and oxygen atoms in total. The molecule has 0 radical (unpaired) electrons. The number of rotatable bonds is 5. The summed E-state index contributed by atoms with van der Waals surface area (Å²) in [5, 5.41) is 2.26. The van der Waals surface area contributed by atoms with E-state index in [2.05, 4.69) is 50.8 Å². The number of hydrogen-bond donors (Lipinski definition) is 1. The average Bonchev–Trinajstić information content (AvgIpc) is 2.98. The highest BCUT2D eigenvalue weighted by Gasteiger charge is 2.46. The molecule has 1 heterocycles. The summed E-state index contributed by atoms with van der Waals surface area (Å²) in [6.07, 6.45) is 6.09. The minimum atomic E-state index is -0.522. The highest BCUT2D eigenvalue weighted by Crippen LogP contribution is 2.43. The van der Waals surface area contributed by atoms with Gasteiger partial charge in [-0.2, -0.15) is 0 Å². The van der Waals surface area contributed by atoms with Gasteiger partial charge in [0.05, 0.1) is 11.6 Å². The van der Waals surface area contributed by atoms with Crippen LogP contribution in [0, 0.1) is 5.92 Å². The second-order valence-corrected chi connectivity index (χ2v) is 10.6. The molecule has 0 amide bonds. The first-order chi connectivity index (χ1) is 12.7. The van der Waals surface area contributed by atoms with Crippen LogP contribution in [-0.4, -0.2) is 28.1 Å². The first kappa shape index (κ1) is 21.3. The number of thioether (sulfide) groups is 1. The van der Waals surface area contributed by atoms with Gasteiger partial charge in [-0.05, 0) is 49.5 Å². The van der Waals surface area contributed by atoms with E-state index in [1.165, 1.54) is 5.57 Å². The largest absolute Gasteiger partial charge is 0.320 e. The molecule has 2 aliphatic rings. The number of hydrogen-bond acceptors (Lipinski definition) is 3. The topological polar surface area (TPSA) is 29.3 Å². The molecule has 3 rings (SSSR count). The first-order valence-corrected chi connectivity index (χ1v) is 11.5. The van der Waals surface area contributed by atoms with Crippen molar-refractivity contribution in [1.82, 2.24) is 4.90 Å². The lowest BCUT2D eigenvalue weighted by Gasteiger charge is -2.46. The Hall–Kier alpha value is -0.450. The lowest BCUT2D eigenvalue weighted by molar-refractivity contribution is 0.108. The van der Waals surface area contributed by atoms with Gasteiger partial charge in [-0.25, -0.2) is 0 Å². The number of benzene rings is 1. The molecule has 0 saturated carbocycles. The van der Waals surface area contributed by atoms with Gasteiger partial charge in [-0.1, -0.05) is 67.8 Å². The van der Waals surface area contributed by atoms with Crippen molar-refractivity contribution in [3.05, 3.63) is 57.6 Å². The van der Waals surface area contributed by atoms with Gasteiger partial charge < -0.3 is 5.73 Å². The van der Waals surface area contributed by atoms with E-state index in [9.17, 15) is 0 Å². The van der Waals surface area contributed by atoms with Gasteiger partial charge in [-0.3, -0.25) is 4.90 Å². The minimum Gasteiger partial charge on any atom is -0.320 e. The SMILES string of the molecule is CC(C)[C@H]1C(C)SCN1[C@H](C1=CC=C(Cl)CC1)[C@@](C)(N)c1ccc(Cl)cc1. The molecule has 0 spiro atoms. The maximum absolute atomic E-state index is 7.10. The molecule has 1 aromatic rings. The van der Waals surface area contributed by atoms with E-state index in [0.29, 0.717) is 17.2 Å². The van der Waals surface area contributed by atoms with Gasteiger partial charge in [0.2, 0.25) is 0 Å². The van der Waals surface area contributed by atoms with E-state index in [1.807, 2.05) is 30.0 Å². The molecule has 0 bridgehead atoms. The molecule has 1 aromatic carbocycles. The Labute approximate surface area is 178 Å². The highest BCUT2D eigenvalue weighted by molar-refractivity contribution is 8.00. The van der Waals surface area contributed by atoms with E-state index < -0.39 is 5.54 Å². The fourth-order valence-corrected chi connectivity index (χ4v) is 6.27. The summed E-state index contributed by atoms with van der Waals surface area (Å²) >= 11 is 14.4. The molecule has 1 unspecified atom stereocenters. The third kappa shape index (κ3) is 4.43. The molecule has 2 N–H and O–H groups in total. The van der Waals surface area contributed by atoms with Crippen molar-refractivity contribution in [1.29, 1.82) is 0 Å². The Kier molecular flexibility index (Phi) is 6.70. The third-order valence-corrected chi connectivity index (χ3v) is 7.70. The van der Waals surface area contributed by atoms with Gasteiger partial charge in [0.15, 0.2) is 0 Å². The zero-order chi connectivity index (χ0) is 19.8. The van der Waals surface area contributed by atoms with Crippen LogP contribution in [-0.2, 0) is 5.54 Å². The molecule has 1 aliphatic heterocycles. The van der Waals surface area contributed by atoms with E-state index in [1.54, 1.807) is 0 Å².